The molecule has 1 aliphatic heterocycles. The van der Waals surface area contributed by atoms with Crippen molar-refractivity contribution in [2.45, 2.75) is 38.5 Å². The van der Waals surface area contributed by atoms with E-state index in [0.717, 1.165) is 6.42 Å². The predicted molar refractivity (Wildman–Crippen MR) is 82.2 cm³/mol. The molecule has 1 saturated heterocycles. The molecule has 1 heterocycles. The highest BCUT2D eigenvalue weighted by atomic mass is 79.9. The Hall–Kier alpha value is -0.540. The molecule has 0 bridgehead atoms. The molecule has 2 nitrogen and oxygen atoms in total. The van der Waals surface area contributed by atoms with Crippen molar-refractivity contribution in [2.75, 3.05) is 24.5 Å². The van der Waals surface area contributed by atoms with Crippen molar-refractivity contribution in [3.63, 3.8) is 0 Å². The van der Waals surface area contributed by atoms with E-state index < -0.39 is 0 Å². The quantitative estimate of drug-likeness (QED) is 0.922. The Morgan fingerprint density at radius 1 is 1.06 bits per heavy atom. The van der Waals surface area contributed by atoms with Crippen LogP contribution in [0.2, 0.25) is 0 Å². The molecule has 0 atom stereocenters. The second-order valence-electron chi connectivity index (χ2n) is 5.07. The van der Waals surface area contributed by atoms with Gasteiger partial charge in [0.15, 0.2) is 0 Å². The van der Waals surface area contributed by atoms with Gasteiger partial charge in [-0.1, -0.05) is 41.3 Å². The minimum atomic E-state index is 0.710. The molecule has 1 aromatic carbocycles. The summed E-state index contributed by atoms with van der Waals surface area (Å²) in [6.45, 7) is 3.10. The van der Waals surface area contributed by atoms with E-state index in [-0.39, 0.29) is 0 Å². The topological polar surface area (TPSA) is 29.3 Å². The van der Waals surface area contributed by atoms with Crippen LogP contribution in [0.5, 0.6) is 0 Å². The summed E-state index contributed by atoms with van der Waals surface area (Å²) in [6, 6.07) is 6.72. The predicted octanol–water partition coefficient (Wildman–Crippen LogP) is 3.72. The number of benzene rings is 1. The van der Waals surface area contributed by atoms with Gasteiger partial charge in [0.2, 0.25) is 0 Å². The molecule has 0 amide bonds. The van der Waals surface area contributed by atoms with E-state index in [1.54, 1.807) is 0 Å². The van der Waals surface area contributed by atoms with Gasteiger partial charge >= 0.3 is 0 Å². The first kappa shape index (κ1) is 13.9. The number of anilines is 1. The Labute approximate surface area is 119 Å². The van der Waals surface area contributed by atoms with Gasteiger partial charge < -0.3 is 10.6 Å². The van der Waals surface area contributed by atoms with E-state index in [1.165, 1.54) is 60.9 Å². The van der Waals surface area contributed by atoms with Gasteiger partial charge in [0.05, 0.1) is 0 Å². The molecular weight excluding hydrogens is 288 g/mol. The van der Waals surface area contributed by atoms with Crippen LogP contribution in [0, 0.1) is 0 Å². The highest BCUT2D eigenvalue weighted by Gasteiger charge is 2.10. The van der Waals surface area contributed by atoms with Gasteiger partial charge in [0, 0.05) is 23.2 Å². The molecular formula is C15H23BrN2. The Kier molecular flexibility index (Phi) is 5.51. The maximum absolute atomic E-state index is 5.62. The van der Waals surface area contributed by atoms with Crippen molar-refractivity contribution in [3.8, 4) is 0 Å². The van der Waals surface area contributed by atoms with Crippen LogP contribution in [0.4, 0.5) is 5.69 Å². The summed E-state index contributed by atoms with van der Waals surface area (Å²) in [7, 11) is 0. The third-order valence-electron chi connectivity index (χ3n) is 3.67. The van der Waals surface area contributed by atoms with Crippen molar-refractivity contribution in [1.82, 2.24) is 0 Å². The summed E-state index contributed by atoms with van der Waals surface area (Å²) >= 11 is 3.67. The van der Waals surface area contributed by atoms with Crippen LogP contribution in [0.25, 0.3) is 0 Å². The third-order valence-corrected chi connectivity index (χ3v) is 4.41. The van der Waals surface area contributed by atoms with E-state index in [9.17, 15) is 0 Å². The van der Waals surface area contributed by atoms with Crippen LogP contribution in [0.15, 0.2) is 22.7 Å². The summed E-state index contributed by atoms with van der Waals surface area (Å²) in [6.07, 6.45) is 7.75. The lowest BCUT2D eigenvalue weighted by Crippen LogP contribution is -2.26. The summed E-state index contributed by atoms with van der Waals surface area (Å²) in [4.78, 5) is 2.52. The van der Waals surface area contributed by atoms with Gasteiger partial charge in [0.1, 0.15) is 0 Å². The highest BCUT2D eigenvalue weighted by molar-refractivity contribution is 9.10. The SMILES string of the molecule is NCCc1ccc(N2CCCCCCC2)cc1Br. The minimum absolute atomic E-state index is 0.710. The standard InChI is InChI=1S/C15H23BrN2/c16-15-12-14(7-6-13(15)8-9-17)18-10-4-2-1-3-5-11-18/h6-7,12H,1-5,8-11,17H2. The number of rotatable bonds is 3. The molecule has 18 heavy (non-hydrogen) atoms. The largest absolute Gasteiger partial charge is 0.372 e. The molecule has 2 rings (SSSR count). The van der Waals surface area contributed by atoms with Crippen LogP contribution >= 0.6 is 15.9 Å². The second-order valence-corrected chi connectivity index (χ2v) is 5.92. The first-order valence-corrected chi connectivity index (χ1v) is 7.84. The fourth-order valence-corrected chi connectivity index (χ4v) is 3.16. The van der Waals surface area contributed by atoms with Crippen molar-refractivity contribution >= 4 is 21.6 Å². The van der Waals surface area contributed by atoms with Crippen LogP contribution in [0.3, 0.4) is 0 Å². The number of nitrogens with two attached hydrogens (primary N) is 1. The van der Waals surface area contributed by atoms with Crippen LogP contribution in [0.1, 0.15) is 37.7 Å². The summed E-state index contributed by atoms with van der Waals surface area (Å²) in [5, 5.41) is 0. The average Bonchev–Trinajstić information content (AvgIpc) is 2.32. The molecule has 0 aromatic heterocycles. The molecule has 0 saturated carbocycles. The number of nitrogens with zero attached hydrogens (tertiary/aromatic N) is 1. The van der Waals surface area contributed by atoms with Crippen molar-refractivity contribution in [3.05, 3.63) is 28.2 Å². The van der Waals surface area contributed by atoms with Crippen LogP contribution < -0.4 is 10.6 Å². The highest BCUT2D eigenvalue weighted by Crippen LogP contribution is 2.26. The van der Waals surface area contributed by atoms with Crippen LogP contribution in [-0.4, -0.2) is 19.6 Å². The minimum Gasteiger partial charge on any atom is -0.372 e. The number of halogens is 1. The maximum Gasteiger partial charge on any atom is 0.0377 e. The smallest absolute Gasteiger partial charge is 0.0377 e. The summed E-state index contributed by atoms with van der Waals surface area (Å²) in [5.74, 6) is 0. The van der Waals surface area contributed by atoms with Gasteiger partial charge in [-0.15, -0.1) is 0 Å². The van der Waals surface area contributed by atoms with Crippen molar-refractivity contribution < 1.29 is 0 Å². The Morgan fingerprint density at radius 3 is 2.33 bits per heavy atom. The van der Waals surface area contributed by atoms with Crippen molar-refractivity contribution in [1.29, 1.82) is 0 Å². The van der Waals surface area contributed by atoms with Gasteiger partial charge in [0.25, 0.3) is 0 Å². The van der Waals surface area contributed by atoms with Gasteiger partial charge in [-0.05, 0) is 43.5 Å². The second kappa shape index (κ2) is 7.15. The lowest BCUT2D eigenvalue weighted by Gasteiger charge is -2.27. The van der Waals surface area contributed by atoms with Gasteiger partial charge in [-0.25, -0.2) is 0 Å². The molecule has 0 spiro atoms. The summed E-state index contributed by atoms with van der Waals surface area (Å²) < 4.78 is 1.20. The molecule has 0 radical (unpaired) electrons. The Morgan fingerprint density at radius 2 is 1.72 bits per heavy atom. The zero-order chi connectivity index (χ0) is 12.8. The molecule has 1 fully saturated rings. The fraction of sp³-hybridized carbons (Fsp3) is 0.600. The first-order valence-electron chi connectivity index (χ1n) is 7.04. The maximum atomic E-state index is 5.62. The van der Waals surface area contributed by atoms with Crippen LogP contribution in [-0.2, 0) is 6.42 Å². The molecule has 100 valence electrons. The van der Waals surface area contributed by atoms with E-state index >= 15 is 0 Å². The van der Waals surface area contributed by atoms with Gasteiger partial charge in [-0.2, -0.15) is 0 Å². The molecule has 1 aliphatic rings. The molecule has 0 aliphatic carbocycles. The third kappa shape index (κ3) is 3.72. The molecule has 3 heteroatoms. The fourth-order valence-electron chi connectivity index (χ4n) is 2.60. The van der Waals surface area contributed by atoms with E-state index in [4.69, 9.17) is 5.73 Å². The van der Waals surface area contributed by atoms with E-state index in [2.05, 4.69) is 39.0 Å². The number of hydrogen-bond donors (Lipinski definition) is 1. The first-order chi connectivity index (χ1) is 8.81. The zero-order valence-electron chi connectivity index (χ0n) is 11.0. The number of hydrogen-bond acceptors (Lipinski definition) is 2. The molecule has 2 N–H and O–H groups in total. The van der Waals surface area contributed by atoms with Gasteiger partial charge in [-0.3, -0.25) is 0 Å². The monoisotopic (exact) mass is 310 g/mol. The van der Waals surface area contributed by atoms with E-state index in [0.29, 0.717) is 6.54 Å². The normalized spacial score (nSPS) is 17.3. The molecule has 1 aromatic rings. The average molecular weight is 311 g/mol. The van der Waals surface area contributed by atoms with E-state index in [1.807, 2.05) is 0 Å². The Bertz CT molecular complexity index is 371. The van der Waals surface area contributed by atoms with Crippen molar-refractivity contribution in [2.24, 2.45) is 5.73 Å². The zero-order valence-corrected chi connectivity index (χ0v) is 12.6. The lowest BCUT2D eigenvalue weighted by molar-refractivity contribution is 0.556. The lowest BCUT2D eigenvalue weighted by atomic mass is 10.1. The Balaban J connectivity index is 2.08. The summed E-state index contributed by atoms with van der Waals surface area (Å²) in [5.41, 5.74) is 8.28. The molecule has 0 unspecified atom stereocenters.